The van der Waals surface area contributed by atoms with Crippen LogP contribution in [-0.2, 0) is 10.0 Å². The summed E-state index contributed by atoms with van der Waals surface area (Å²) in [6.07, 6.45) is 5.87. The lowest BCUT2D eigenvalue weighted by molar-refractivity contribution is 0.143. The van der Waals surface area contributed by atoms with Crippen LogP contribution in [0.4, 0.5) is 0 Å². The van der Waals surface area contributed by atoms with Gasteiger partial charge in [0, 0.05) is 12.6 Å². The van der Waals surface area contributed by atoms with Crippen LogP contribution in [0.25, 0.3) is 0 Å². The van der Waals surface area contributed by atoms with E-state index in [0.717, 1.165) is 19.5 Å². The molecular formula is C18H30N2O3S. The van der Waals surface area contributed by atoms with Crippen molar-refractivity contribution in [3.8, 4) is 5.75 Å². The first-order valence-electron chi connectivity index (χ1n) is 9.03. The molecule has 1 aromatic rings. The largest absolute Gasteiger partial charge is 0.494 e. The maximum atomic E-state index is 12.3. The zero-order valence-electron chi connectivity index (χ0n) is 14.8. The van der Waals surface area contributed by atoms with Gasteiger partial charge in [-0.3, -0.25) is 0 Å². The molecule has 0 aromatic heterocycles. The molecular weight excluding hydrogens is 324 g/mol. The second-order valence-corrected chi connectivity index (χ2v) is 8.02. The van der Waals surface area contributed by atoms with Crippen molar-refractivity contribution in [1.82, 2.24) is 9.62 Å². The van der Waals surface area contributed by atoms with Crippen molar-refractivity contribution in [2.24, 2.45) is 0 Å². The van der Waals surface area contributed by atoms with E-state index < -0.39 is 10.0 Å². The van der Waals surface area contributed by atoms with Crippen molar-refractivity contribution in [2.75, 3.05) is 26.2 Å². The third-order valence-corrected chi connectivity index (χ3v) is 6.06. The summed E-state index contributed by atoms with van der Waals surface area (Å²) >= 11 is 0. The summed E-state index contributed by atoms with van der Waals surface area (Å²) in [7, 11) is -3.44. The number of hydrogen-bond acceptors (Lipinski definition) is 4. The van der Waals surface area contributed by atoms with Gasteiger partial charge in [0.25, 0.3) is 0 Å². The highest BCUT2D eigenvalue weighted by Gasteiger charge is 2.20. The monoisotopic (exact) mass is 354 g/mol. The Bertz CT molecular complexity index is 587. The predicted octanol–water partition coefficient (Wildman–Crippen LogP) is 3.02. The zero-order chi connectivity index (χ0) is 17.4. The van der Waals surface area contributed by atoms with E-state index in [2.05, 4.69) is 16.5 Å². The smallest absolute Gasteiger partial charge is 0.240 e. The van der Waals surface area contributed by atoms with E-state index in [-0.39, 0.29) is 4.90 Å². The number of sulfonamides is 1. The van der Waals surface area contributed by atoms with Crippen LogP contribution in [0, 0.1) is 0 Å². The first kappa shape index (κ1) is 19.2. The van der Waals surface area contributed by atoms with E-state index in [4.69, 9.17) is 4.74 Å². The van der Waals surface area contributed by atoms with Crippen LogP contribution in [-0.4, -0.2) is 45.6 Å². The van der Waals surface area contributed by atoms with Gasteiger partial charge in [-0.1, -0.05) is 13.3 Å². The normalized spacial score (nSPS) is 19.3. The maximum Gasteiger partial charge on any atom is 0.240 e. The SMILES string of the molecule is CCOc1ccc(S(=O)(=O)NCCCN2CCCC[C@H]2CC)cc1. The number of nitrogens with zero attached hydrogens (tertiary/aromatic N) is 1. The number of rotatable bonds is 9. The molecule has 1 aliphatic heterocycles. The van der Waals surface area contributed by atoms with Gasteiger partial charge in [0.15, 0.2) is 0 Å². The fourth-order valence-electron chi connectivity index (χ4n) is 3.27. The molecule has 1 heterocycles. The highest BCUT2D eigenvalue weighted by molar-refractivity contribution is 7.89. The molecule has 24 heavy (non-hydrogen) atoms. The van der Waals surface area contributed by atoms with Gasteiger partial charge >= 0.3 is 0 Å². The number of likely N-dealkylation sites (tertiary alicyclic amines) is 1. The van der Waals surface area contributed by atoms with Gasteiger partial charge in [-0.25, -0.2) is 13.1 Å². The van der Waals surface area contributed by atoms with Gasteiger partial charge < -0.3 is 9.64 Å². The van der Waals surface area contributed by atoms with E-state index in [9.17, 15) is 8.42 Å². The predicted molar refractivity (Wildman–Crippen MR) is 96.9 cm³/mol. The average molecular weight is 355 g/mol. The first-order chi connectivity index (χ1) is 11.6. The topological polar surface area (TPSA) is 58.6 Å². The van der Waals surface area contributed by atoms with Crippen LogP contribution in [0.5, 0.6) is 5.75 Å². The molecule has 0 spiro atoms. The standard InChI is InChI=1S/C18H30N2O3S/c1-3-16-8-5-6-14-20(16)15-7-13-19-24(21,22)18-11-9-17(10-12-18)23-4-2/h9-12,16,19H,3-8,13-15H2,1-2H3/t16-/m1/s1. The van der Waals surface area contributed by atoms with Gasteiger partial charge in [0.1, 0.15) is 5.75 Å². The summed E-state index contributed by atoms with van der Waals surface area (Å²) in [5, 5.41) is 0. The summed E-state index contributed by atoms with van der Waals surface area (Å²) in [5.41, 5.74) is 0. The molecule has 0 bridgehead atoms. The molecule has 0 amide bonds. The Hall–Kier alpha value is -1.11. The zero-order valence-corrected chi connectivity index (χ0v) is 15.6. The van der Waals surface area contributed by atoms with Gasteiger partial charge in [0.2, 0.25) is 10.0 Å². The molecule has 136 valence electrons. The van der Waals surface area contributed by atoms with E-state index in [1.807, 2.05) is 6.92 Å². The van der Waals surface area contributed by atoms with Crippen LogP contribution >= 0.6 is 0 Å². The Morgan fingerprint density at radius 3 is 2.62 bits per heavy atom. The molecule has 1 saturated heterocycles. The lowest BCUT2D eigenvalue weighted by atomic mass is 10.00. The molecule has 1 aromatic carbocycles. The molecule has 5 nitrogen and oxygen atoms in total. The van der Waals surface area contributed by atoms with Crippen LogP contribution in [0.15, 0.2) is 29.2 Å². The molecule has 1 atom stereocenters. The second kappa shape index (κ2) is 9.39. The van der Waals surface area contributed by atoms with E-state index in [1.54, 1.807) is 24.3 Å². The Balaban J connectivity index is 1.79. The molecule has 0 aliphatic carbocycles. The van der Waals surface area contributed by atoms with Crippen LogP contribution in [0.2, 0.25) is 0 Å². The summed E-state index contributed by atoms with van der Waals surface area (Å²) < 4.78 is 32.7. The third kappa shape index (κ3) is 5.46. The van der Waals surface area contributed by atoms with Gasteiger partial charge in [-0.2, -0.15) is 0 Å². The second-order valence-electron chi connectivity index (χ2n) is 6.25. The molecule has 0 radical (unpaired) electrons. The van der Waals surface area contributed by atoms with Gasteiger partial charge in [-0.15, -0.1) is 0 Å². The minimum atomic E-state index is -3.44. The van der Waals surface area contributed by atoms with E-state index in [0.29, 0.717) is 24.9 Å². The minimum absolute atomic E-state index is 0.287. The minimum Gasteiger partial charge on any atom is -0.494 e. The molecule has 1 fully saturated rings. The molecule has 1 N–H and O–H groups in total. The first-order valence-corrected chi connectivity index (χ1v) is 10.5. The Labute approximate surface area is 146 Å². The van der Waals surface area contributed by atoms with Crippen molar-refractivity contribution in [3.63, 3.8) is 0 Å². The van der Waals surface area contributed by atoms with Crippen molar-refractivity contribution < 1.29 is 13.2 Å². The molecule has 0 unspecified atom stereocenters. The highest BCUT2D eigenvalue weighted by Crippen LogP contribution is 2.19. The molecule has 1 aliphatic rings. The number of benzene rings is 1. The van der Waals surface area contributed by atoms with E-state index >= 15 is 0 Å². The third-order valence-electron chi connectivity index (χ3n) is 4.58. The molecule has 2 rings (SSSR count). The summed E-state index contributed by atoms with van der Waals surface area (Å²) in [5.74, 6) is 0.687. The number of nitrogens with one attached hydrogen (secondary N) is 1. The number of ether oxygens (including phenoxy) is 1. The summed E-state index contributed by atoms with van der Waals surface area (Å²) in [6.45, 7) is 7.28. The maximum absolute atomic E-state index is 12.3. The average Bonchev–Trinajstić information content (AvgIpc) is 2.60. The van der Waals surface area contributed by atoms with Crippen molar-refractivity contribution >= 4 is 10.0 Å². The Morgan fingerprint density at radius 1 is 1.21 bits per heavy atom. The lowest BCUT2D eigenvalue weighted by Gasteiger charge is -2.35. The van der Waals surface area contributed by atoms with Crippen LogP contribution in [0.1, 0.15) is 46.0 Å². The highest BCUT2D eigenvalue weighted by atomic mass is 32.2. The van der Waals surface area contributed by atoms with Crippen LogP contribution in [0.3, 0.4) is 0 Å². The Morgan fingerprint density at radius 2 is 1.96 bits per heavy atom. The molecule has 0 saturated carbocycles. The van der Waals surface area contributed by atoms with Crippen LogP contribution < -0.4 is 9.46 Å². The fourth-order valence-corrected chi connectivity index (χ4v) is 4.34. The summed E-state index contributed by atoms with van der Waals surface area (Å²) in [4.78, 5) is 2.80. The van der Waals surface area contributed by atoms with Crippen molar-refractivity contribution in [1.29, 1.82) is 0 Å². The van der Waals surface area contributed by atoms with E-state index in [1.165, 1.54) is 25.7 Å². The molecule has 6 heteroatoms. The van der Waals surface area contributed by atoms with Crippen molar-refractivity contribution in [2.45, 2.75) is 56.9 Å². The van der Waals surface area contributed by atoms with Gasteiger partial charge in [0.05, 0.1) is 11.5 Å². The van der Waals surface area contributed by atoms with Crippen molar-refractivity contribution in [3.05, 3.63) is 24.3 Å². The summed E-state index contributed by atoms with van der Waals surface area (Å²) in [6, 6.07) is 7.23. The number of hydrogen-bond donors (Lipinski definition) is 1. The number of piperidine rings is 1. The quantitative estimate of drug-likeness (QED) is 0.693. The lowest BCUT2D eigenvalue weighted by Crippen LogP contribution is -2.40. The Kier molecular flexibility index (Phi) is 7.52. The van der Waals surface area contributed by atoms with Gasteiger partial charge in [-0.05, 0) is 70.0 Å². The fraction of sp³-hybridized carbons (Fsp3) is 0.667.